The van der Waals surface area contributed by atoms with E-state index in [-0.39, 0.29) is 18.6 Å². The lowest BCUT2D eigenvalue weighted by atomic mass is 10.1. The van der Waals surface area contributed by atoms with Crippen LogP contribution in [0.2, 0.25) is 0 Å². The quantitative estimate of drug-likeness (QED) is 0.771. The molecule has 2 N–H and O–H groups in total. The zero-order valence-electron chi connectivity index (χ0n) is 11.5. The van der Waals surface area contributed by atoms with Crippen LogP contribution in [0.4, 0.5) is 4.79 Å². The molecule has 2 fully saturated rings. The summed E-state index contributed by atoms with van der Waals surface area (Å²) in [5.41, 5.74) is 0. The minimum Gasteiger partial charge on any atom is -0.480 e. The van der Waals surface area contributed by atoms with Gasteiger partial charge in [0.1, 0.15) is 6.54 Å². The number of carbonyl (C=O) groups excluding carboxylic acids is 1. The van der Waals surface area contributed by atoms with Crippen LogP contribution >= 0.6 is 0 Å². The van der Waals surface area contributed by atoms with Gasteiger partial charge in [0.2, 0.25) is 0 Å². The Morgan fingerprint density at radius 2 is 2.16 bits per heavy atom. The molecule has 2 saturated heterocycles. The highest BCUT2D eigenvalue weighted by molar-refractivity contribution is 5.80. The van der Waals surface area contributed by atoms with Crippen molar-refractivity contribution in [3.8, 4) is 0 Å². The monoisotopic (exact) mass is 269 g/mol. The fourth-order valence-electron chi connectivity index (χ4n) is 3.19. The number of nitrogens with one attached hydrogen (secondary N) is 1. The van der Waals surface area contributed by atoms with Gasteiger partial charge in [0, 0.05) is 25.2 Å². The molecule has 2 unspecified atom stereocenters. The molecule has 6 nitrogen and oxygen atoms in total. The van der Waals surface area contributed by atoms with Crippen LogP contribution in [0.25, 0.3) is 0 Å². The zero-order chi connectivity index (χ0) is 13.8. The Bertz CT molecular complexity index is 348. The third-order valence-corrected chi connectivity index (χ3v) is 4.02. The summed E-state index contributed by atoms with van der Waals surface area (Å²) < 4.78 is 0. The first kappa shape index (κ1) is 14.1. The number of nitrogens with zero attached hydrogens (tertiary/aromatic N) is 2. The average molecular weight is 269 g/mol. The minimum absolute atomic E-state index is 0.183. The predicted octanol–water partition coefficient (Wildman–Crippen LogP) is 0.729. The maximum absolute atomic E-state index is 12.1. The molecule has 2 amide bonds. The van der Waals surface area contributed by atoms with Gasteiger partial charge in [-0.15, -0.1) is 0 Å². The van der Waals surface area contributed by atoms with Crippen LogP contribution in [0.3, 0.4) is 0 Å². The molecule has 2 atom stereocenters. The van der Waals surface area contributed by atoms with E-state index in [1.807, 2.05) is 6.92 Å². The van der Waals surface area contributed by atoms with Gasteiger partial charge in [-0.25, -0.2) is 4.79 Å². The Hall–Kier alpha value is -1.30. The highest BCUT2D eigenvalue weighted by Gasteiger charge is 2.38. The molecule has 2 rings (SSSR count). The van der Waals surface area contributed by atoms with E-state index in [2.05, 4.69) is 10.2 Å². The Morgan fingerprint density at radius 1 is 1.37 bits per heavy atom. The first-order valence-corrected chi connectivity index (χ1v) is 7.13. The van der Waals surface area contributed by atoms with Gasteiger partial charge >= 0.3 is 12.0 Å². The maximum atomic E-state index is 12.1. The number of hydrogen-bond donors (Lipinski definition) is 2. The van der Waals surface area contributed by atoms with Crippen LogP contribution in [0, 0.1) is 0 Å². The molecule has 0 radical (unpaired) electrons. The van der Waals surface area contributed by atoms with Crippen molar-refractivity contribution in [2.45, 2.75) is 44.7 Å². The number of amides is 2. The number of hydrogen-bond acceptors (Lipinski definition) is 3. The number of carboxylic acids is 1. The molecule has 0 spiro atoms. The van der Waals surface area contributed by atoms with Gasteiger partial charge in [-0.05, 0) is 32.2 Å². The number of carboxylic acid groups (broad SMARTS) is 1. The van der Waals surface area contributed by atoms with E-state index in [1.165, 1.54) is 11.3 Å². The van der Waals surface area contributed by atoms with Crippen molar-refractivity contribution in [3.63, 3.8) is 0 Å². The number of fused-ring (bicyclic) bond motifs is 1. The summed E-state index contributed by atoms with van der Waals surface area (Å²) in [6, 6.07) is 0.406. The van der Waals surface area contributed by atoms with Crippen molar-refractivity contribution in [3.05, 3.63) is 0 Å². The third-order valence-electron chi connectivity index (χ3n) is 4.02. The standard InChI is InChI=1S/C13H23N3O3/c1-2-6-16(9-12(17)18)13(19)14-10-5-8-15-7-3-4-11(10)15/h10-11H,2-9H2,1H3,(H,14,19)(H,17,18). The highest BCUT2D eigenvalue weighted by Crippen LogP contribution is 2.27. The van der Waals surface area contributed by atoms with Crippen LogP contribution < -0.4 is 5.32 Å². The normalized spacial score (nSPS) is 26.2. The van der Waals surface area contributed by atoms with Crippen LogP contribution in [-0.4, -0.2) is 65.2 Å². The smallest absolute Gasteiger partial charge is 0.323 e. The second-order valence-electron chi connectivity index (χ2n) is 5.41. The minimum atomic E-state index is -0.961. The number of rotatable bonds is 5. The van der Waals surface area contributed by atoms with Gasteiger partial charge in [-0.3, -0.25) is 9.69 Å². The molecule has 0 aromatic carbocycles. The van der Waals surface area contributed by atoms with E-state index >= 15 is 0 Å². The van der Waals surface area contributed by atoms with Crippen molar-refractivity contribution in [2.24, 2.45) is 0 Å². The summed E-state index contributed by atoms with van der Waals surface area (Å²) in [5.74, 6) is -0.961. The van der Waals surface area contributed by atoms with Crippen molar-refractivity contribution in [1.82, 2.24) is 15.1 Å². The second kappa shape index (κ2) is 6.23. The molecule has 0 saturated carbocycles. The summed E-state index contributed by atoms with van der Waals surface area (Å²) in [7, 11) is 0. The summed E-state index contributed by atoms with van der Waals surface area (Å²) in [6.07, 6.45) is 4.08. The van der Waals surface area contributed by atoms with E-state index in [4.69, 9.17) is 5.11 Å². The molecule has 6 heteroatoms. The lowest BCUT2D eigenvalue weighted by molar-refractivity contribution is -0.137. The lowest BCUT2D eigenvalue weighted by Gasteiger charge is -2.26. The van der Waals surface area contributed by atoms with Crippen LogP contribution in [0.15, 0.2) is 0 Å². The Morgan fingerprint density at radius 3 is 2.84 bits per heavy atom. The number of urea groups is 1. The summed E-state index contributed by atoms with van der Waals surface area (Å²) >= 11 is 0. The summed E-state index contributed by atoms with van der Waals surface area (Å²) in [5, 5.41) is 11.9. The van der Waals surface area contributed by atoms with Gasteiger partial charge in [0.15, 0.2) is 0 Å². The van der Waals surface area contributed by atoms with E-state index in [0.29, 0.717) is 12.6 Å². The molecule has 0 bridgehead atoms. The van der Waals surface area contributed by atoms with Gasteiger partial charge in [0.05, 0.1) is 0 Å². The highest BCUT2D eigenvalue weighted by atomic mass is 16.4. The number of carbonyl (C=O) groups is 2. The molecular weight excluding hydrogens is 246 g/mol. The van der Waals surface area contributed by atoms with Crippen LogP contribution in [-0.2, 0) is 4.79 Å². The summed E-state index contributed by atoms with van der Waals surface area (Å²) in [4.78, 5) is 26.7. The molecule has 0 aliphatic carbocycles. The van der Waals surface area contributed by atoms with Crippen molar-refractivity contribution in [2.75, 3.05) is 26.2 Å². The largest absolute Gasteiger partial charge is 0.480 e. The number of aliphatic carboxylic acids is 1. The van der Waals surface area contributed by atoms with Crippen molar-refractivity contribution in [1.29, 1.82) is 0 Å². The molecule has 2 aliphatic rings. The van der Waals surface area contributed by atoms with Crippen LogP contribution in [0.5, 0.6) is 0 Å². The lowest BCUT2D eigenvalue weighted by Crippen LogP contribution is -2.50. The second-order valence-corrected chi connectivity index (χ2v) is 5.41. The fourth-order valence-corrected chi connectivity index (χ4v) is 3.19. The first-order chi connectivity index (χ1) is 9.11. The van der Waals surface area contributed by atoms with E-state index in [0.717, 1.165) is 32.4 Å². The Labute approximate surface area is 113 Å². The molecule has 2 heterocycles. The molecule has 0 aromatic rings. The maximum Gasteiger partial charge on any atom is 0.323 e. The Kier molecular flexibility index (Phi) is 4.63. The van der Waals surface area contributed by atoms with Crippen molar-refractivity contribution < 1.29 is 14.7 Å². The molecule has 19 heavy (non-hydrogen) atoms. The van der Waals surface area contributed by atoms with E-state index < -0.39 is 5.97 Å². The topological polar surface area (TPSA) is 72.9 Å². The van der Waals surface area contributed by atoms with Crippen molar-refractivity contribution >= 4 is 12.0 Å². The van der Waals surface area contributed by atoms with E-state index in [1.54, 1.807) is 0 Å². The van der Waals surface area contributed by atoms with Gasteiger partial charge < -0.3 is 15.3 Å². The average Bonchev–Trinajstić information content (AvgIpc) is 2.93. The van der Waals surface area contributed by atoms with Gasteiger partial charge in [-0.2, -0.15) is 0 Å². The molecular formula is C13H23N3O3. The summed E-state index contributed by atoms with van der Waals surface area (Å²) in [6.45, 7) is 4.38. The third kappa shape index (κ3) is 3.37. The zero-order valence-corrected chi connectivity index (χ0v) is 11.5. The molecule has 2 aliphatic heterocycles. The Balaban J connectivity index is 1.89. The molecule has 0 aromatic heterocycles. The van der Waals surface area contributed by atoms with Gasteiger partial charge in [0.25, 0.3) is 0 Å². The predicted molar refractivity (Wildman–Crippen MR) is 71.0 cm³/mol. The first-order valence-electron chi connectivity index (χ1n) is 7.13. The molecule has 108 valence electrons. The fraction of sp³-hybridized carbons (Fsp3) is 0.846. The van der Waals surface area contributed by atoms with Crippen LogP contribution in [0.1, 0.15) is 32.6 Å². The SMILES string of the molecule is CCCN(CC(=O)O)C(=O)NC1CCN2CCCC12. The van der Waals surface area contributed by atoms with Gasteiger partial charge in [-0.1, -0.05) is 6.92 Å². The van der Waals surface area contributed by atoms with E-state index in [9.17, 15) is 9.59 Å².